The van der Waals surface area contributed by atoms with Crippen molar-refractivity contribution in [2.75, 3.05) is 25.5 Å². The van der Waals surface area contributed by atoms with Crippen molar-refractivity contribution in [3.05, 3.63) is 65.2 Å². The Bertz CT molecular complexity index is 727. The van der Waals surface area contributed by atoms with Crippen LogP contribution in [0.25, 0.3) is 0 Å². The molecule has 1 aliphatic rings. The Kier molecular flexibility index (Phi) is 6.45. The minimum absolute atomic E-state index is 0. The van der Waals surface area contributed by atoms with E-state index in [1.165, 1.54) is 11.1 Å². The lowest BCUT2D eigenvalue weighted by Gasteiger charge is -2.39. The summed E-state index contributed by atoms with van der Waals surface area (Å²) in [5, 5.41) is 3.11. The van der Waals surface area contributed by atoms with E-state index in [0.717, 1.165) is 26.1 Å². The summed E-state index contributed by atoms with van der Waals surface area (Å²) in [5.74, 6) is -0.0817. The largest absolute Gasteiger partial charge is 0.399 e. The van der Waals surface area contributed by atoms with Gasteiger partial charge in [-0.2, -0.15) is 0 Å². The van der Waals surface area contributed by atoms with E-state index in [-0.39, 0.29) is 23.7 Å². The molecule has 0 radical (unpaired) electrons. The monoisotopic (exact) mass is 360 g/mol. The quantitative estimate of drug-likeness (QED) is 0.820. The number of nitrogens with two attached hydrogens (primary N) is 1. The van der Waals surface area contributed by atoms with Crippen LogP contribution in [0.5, 0.6) is 0 Å². The van der Waals surface area contributed by atoms with Gasteiger partial charge in [-0.05, 0) is 49.1 Å². The standard InChI is InChI=1S/C20H24N2O2.ClH/c1-15-5-2-3-8-18(15)20(9-11-24-12-10-20)14-22-19(23)16-6-4-7-17(21)13-16;/h2-8,13H,9-12,14,21H2,1H3,(H,22,23);1H. The van der Waals surface area contributed by atoms with E-state index in [1.54, 1.807) is 24.3 Å². The van der Waals surface area contributed by atoms with Crippen molar-refractivity contribution in [2.24, 2.45) is 0 Å². The number of aryl methyl sites for hydroxylation is 1. The molecule has 0 aliphatic carbocycles. The molecule has 2 aromatic rings. The second-order valence-electron chi connectivity index (χ2n) is 6.52. The van der Waals surface area contributed by atoms with Gasteiger partial charge in [-0.1, -0.05) is 30.3 Å². The van der Waals surface area contributed by atoms with Crippen LogP contribution in [0.1, 0.15) is 34.3 Å². The fourth-order valence-electron chi connectivity index (χ4n) is 3.50. The summed E-state index contributed by atoms with van der Waals surface area (Å²) >= 11 is 0. The summed E-state index contributed by atoms with van der Waals surface area (Å²) in [7, 11) is 0. The lowest BCUT2D eigenvalue weighted by Crippen LogP contribution is -2.45. The predicted molar refractivity (Wildman–Crippen MR) is 103 cm³/mol. The van der Waals surface area contributed by atoms with Gasteiger partial charge in [0.1, 0.15) is 0 Å². The van der Waals surface area contributed by atoms with Crippen LogP contribution in [0.4, 0.5) is 5.69 Å². The molecule has 0 bridgehead atoms. The predicted octanol–water partition coefficient (Wildman–Crippen LogP) is 3.48. The number of anilines is 1. The molecule has 25 heavy (non-hydrogen) atoms. The molecule has 4 nitrogen and oxygen atoms in total. The first kappa shape index (κ1) is 19.3. The number of nitrogen functional groups attached to an aromatic ring is 1. The Morgan fingerprint density at radius 2 is 1.88 bits per heavy atom. The van der Waals surface area contributed by atoms with Crippen molar-refractivity contribution in [1.82, 2.24) is 5.32 Å². The third kappa shape index (κ3) is 4.33. The maximum absolute atomic E-state index is 12.5. The Morgan fingerprint density at radius 1 is 1.16 bits per heavy atom. The van der Waals surface area contributed by atoms with E-state index in [2.05, 4.69) is 36.5 Å². The molecule has 0 spiro atoms. The Morgan fingerprint density at radius 3 is 2.56 bits per heavy atom. The molecular weight excluding hydrogens is 336 g/mol. The minimum Gasteiger partial charge on any atom is -0.399 e. The van der Waals surface area contributed by atoms with Crippen LogP contribution >= 0.6 is 12.4 Å². The van der Waals surface area contributed by atoms with Crippen molar-refractivity contribution in [3.8, 4) is 0 Å². The fraction of sp³-hybridized carbons (Fsp3) is 0.350. The van der Waals surface area contributed by atoms with Crippen molar-refractivity contribution in [3.63, 3.8) is 0 Å². The second kappa shape index (κ2) is 8.37. The zero-order valence-corrected chi connectivity index (χ0v) is 15.3. The van der Waals surface area contributed by atoms with Gasteiger partial charge >= 0.3 is 0 Å². The molecule has 1 saturated heterocycles. The van der Waals surface area contributed by atoms with Gasteiger partial charge in [-0.25, -0.2) is 0 Å². The van der Waals surface area contributed by atoms with Gasteiger partial charge in [-0.3, -0.25) is 4.79 Å². The normalized spacial score (nSPS) is 15.9. The third-order valence-corrected chi connectivity index (χ3v) is 4.90. The van der Waals surface area contributed by atoms with Gasteiger partial charge < -0.3 is 15.8 Å². The minimum atomic E-state index is -0.0817. The van der Waals surface area contributed by atoms with E-state index >= 15 is 0 Å². The van der Waals surface area contributed by atoms with Gasteiger partial charge in [0.15, 0.2) is 0 Å². The van der Waals surface area contributed by atoms with Crippen molar-refractivity contribution < 1.29 is 9.53 Å². The molecule has 1 aliphatic heterocycles. The zero-order chi connectivity index (χ0) is 17.0. The highest BCUT2D eigenvalue weighted by molar-refractivity contribution is 5.95. The highest BCUT2D eigenvalue weighted by atomic mass is 35.5. The highest BCUT2D eigenvalue weighted by Gasteiger charge is 2.35. The van der Waals surface area contributed by atoms with E-state index in [0.29, 0.717) is 17.8 Å². The van der Waals surface area contributed by atoms with Crippen LogP contribution in [-0.2, 0) is 10.2 Å². The molecule has 0 saturated carbocycles. The molecular formula is C20H25ClN2O2. The lowest BCUT2D eigenvalue weighted by molar-refractivity contribution is 0.0485. The Balaban J connectivity index is 0.00000225. The summed E-state index contributed by atoms with van der Waals surface area (Å²) in [6.45, 7) is 4.19. The van der Waals surface area contributed by atoms with Gasteiger partial charge in [0, 0.05) is 36.4 Å². The van der Waals surface area contributed by atoms with Crippen molar-refractivity contribution in [1.29, 1.82) is 0 Å². The van der Waals surface area contributed by atoms with Crippen molar-refractivity contribution >= 4 is 24.0 Å². The zero-order valence-electron chi connectivity index (χ0n) is 14.5. The second-order valence-corrected chi connectivity index (χ2v) is 6.52. The van der Waals surface area contributed by atoms with Gasteiger partial charge in [-0.15, -0.1) is 12.4 Å². The van der Waals surface area contributed by atoms with Gasteiger partial charge in [0.05, 0.1) is 0 Å². The number of carbonyl (C=O) groups excluding carboxylic acids is 1. The van der Waals surface area contributed by atoms with Crippen LogP contribution in [0.15, 0.2) is 48.5 Å². The average Bonchev–Trinajstić information content (AvgIpc) is 2.61. The van der Waals surface area contributed by atoms with Crippen molar-refractivity contribution in [2.45, 2.75) is 25.2 Å². The summed E-state index contributed by atoms with van der Waals surface area (Å²) in [4.78, 5) is 12.5. The first-order valence-corrected chi connectivity index (χ1v) is 8.38. The van der Waals surface area contributed by atoms with Gasteiger partial charge in [0.2, 0.25) is 0 Å². The average molecular weight is 361 g/mol. The summed E-state index contributed by atoms with van der Waals surface area (Å²) < 4.78 is 5.56. The number of ether oxygens (including phenoxy) is 1. The molecule has 1 heterocycles. The van der Waals surface area contributed by atoms with E-state index in [9.17, 15) is 4.79 Å². The summed E-state index contributed by atoms with van der Waals surface area (Å²) in [6.07, 6.45) is 1.82. The number of rotatable bonds is 4. The Labute approximate surface area is 155 Å². The number of benzene rings is 2. The maximum atomic E-state index is 12.5. The van der Waals surface area contributed by atoms with Crippen LogP contribution < -0.4 is 11.1 Å². The highest BCUT2D eigenvalue weighted by Crippen LogP contribution is 2.36. The molecule has 2 aromatic carbocycles. The molecule has 1 fully saturated rings. The molecule has 0 unspecified atom stereocenters. The molecule has 5 heteroatoms. The SMILES string of the molecule is Cc1ccccc1C1(CNC(=O)c2cccc(N)c2)CCOCC1.Cl. The number of hydrogen-bond donors (Lipinski definition) is 2. The molecule has 134 valence electrons. The summed E-state index contributed by atoms with van der Waals surface area (Å²) in [5.41, 5.74) is 9.47. The number of carbonyl (C=O) groups is 1. The van der Waals surface area contributed by atoms with Gasteiger partial charge in [0.25, 0.3) is 5.91 Å². The first-order chi connectivity index (χ1) is 11.6. The van der Waals surface area contributed by atoms with E-state index in [1.807, 2.05) is 0 Å². The smallest absolute Gasteiger partial charge is 0.251 e. The van der Waals surface area contributed by atoms with E-state index < -0.39 is 0 Å². The first-order valence-electron chi connectivity index (χ1n) is 8.38. The molecule has 3 N–H and O–H groups in total. The van der Waals surface area contributed by atoms with Crippen LogP contribution in [0.2, 0.25) is 0 Å². The topological polar surface area (TPSA) is 64.4 Å². The lowest BCUT2D eigenvalue weighted by atomic mass is 9.72. The summed E-state index contributed by atoms with van der Waals surface area (Å²) in [6, 6.07) is 15.5. The third-order valence-electron chi connectivity index (χ3n) is 4.90. The van der Waals surface area contributed by atoms with Crippen LogP contribution in [-0.4, -0.2) is 25.7 Å². The fourth-order valence-corrected chi connectivity index (χ4v) is 3.50. The number of amides is 1. The molecule has 1 amide bonds. The molecule has 0 atom stereocenters. The van der Waals surface area contributed by atoms with Crippen LogP contribution in [0.3, 0.4) is 0 Å². The number of halogens is 1. The van der Waals surface area contributed by atoms with Crippen LogP contribution in [0, 0.1) is 6.92 Å². The number of nitrogens with one attached hydrogen (secondary N) is 1. The maximum Gasteiger partial charge on any atom is 0.251 e. The molecule has 3 rings (SSSR count). The van der Waals surface area contributed by atoms with E-state index in [4.69, 9.17) is 10.5 Å². The molecule has 0 aromatic heterocycles. The number of hydrogen-bond acceptors (Lipinski definition) is 3. The Hall–Kier alpha value is -2.04.